The Morgan fingerprint density at radius 2 is 2.07 bits per heavy atom. The number of ether oxygens (including phenoxy) is 2. The van der Waals surface area contributed by atoms with E-state index in [0.29, 0.717) is 59.4 Å². The van der Waals surface area contributed by atoms with Crippen molar-refractivity contribution in [2.24, 2.45) is 4.99 Å². The van der Waals surface area contributed by atoms with Gasteiger partial charge in [0.2, 0.25) is 0 Å². The van der Waals surface area contributed by atoms with Gasteiger partial charge in [-0.15, -0.1) is 0 Å². The molecule has 0 saturated carbocycles. The van der Waals surface area contributed by atoms with Gasteiger partial charge in [0.05, 0.1) is 29.5 Å². The Hall–Kier alpha value is -3.67. The molecule has 0 unspecified atom stereocenters. The largest absolute Gasteiger partial charge is 0.496 e. The maximum Gasteiger partial charge on any atom is 0.338 e. The lowest BCUT2D eigenvalue weighted by Crippen LogP contribution is -2.40. The zero-order valence-electron chi connectivity index (χ0n) is 22.8. The molecule has 0 bridgehead atoms. The molecule has 0 saturated heterocycles. The summed E-state index contributed by atoms with van der Waals surface area (Å²) >= 11 is 8.91. The average Bonchev–Trinajstić information content (AvgIpc) is 3.51. The van der Waals surface area contributed by atoms with Crippen LogP contribution in [-0.2, 0) is 9.53 Å². The average molecular weight is 611 g/mol. The molecule has 0 fully saturated rings. The third-order valence-corrected chi connectivity index (χ3v) is 8.24. The van der Waals surface area contributed by atoms with E-state index in [9.17, 15) is 9.59 Å². The SMILES string of the molecule is CCCC1=C(C(=O)OCC)[C@@H](c2cc(Cl)ccc2OC)n2c(s/c(=C\c3ccc(Sc4nccc(C)n4)o3)c2=O)=N1. The predicted octanol–water partition coefficient (Wildman–Crippen LogP) is 5.08. The number of hydrogen-bond donors (Lipinski definition) is 0. The molecule has 0 spiro atoms. The Balaban J connectivity index is 1.66. The van der Waals surface area contributed by atoms with E-state index in [-0.39, 0.29) is 12.2 Å². The highest BCUT2D eigenvalue weighted by atomic mass is 35.5. The Morgan fingerprint density at radius 3 is 2.80 bits per heavy atom. The number of thiazole rings is 1. The second-order valence-corrected chi connectivity index (χ2v) is 11.5. The van der Waals surface area contributed by atoms with Crippen molar-refractivity contribution in [2.45, 2.75) is 49.9 Å². The fourth-order valence-electron chi connectivity index (χ4n) is 4.50. The number of fused-ring (bicyclic) bond motifs is 1. The van der Waals surface area contributed by atoms with Gasteiger partial charge < -0.3 is 13.9 Å². The number of esters is 1. The number of aromatic nitrogens is 3. The molecule has 3 aromatic heterocycles. The predicted molar refractivity (Wildman–Crippen MR) is 157 cm³/mol. The zero-order valence-corrected chi connectivity index (χ0v) is 25.2. The standard InChI is InChI=1S/C29H27ClN4O5S2/c1-5-7-20-24(27(36)38-6-2)25(19-14-17(30)8-10-21(19)37-4)34-26(35)22(40-29(34)33-20)15-18-9-11-23(39-18)41-28-31-13-12-16(3)32-28/h8-15,25H,5-7H2,1-4H3/b22-15-/t25-/m1/s1. The molecular weight excluding hydrogens is 584 g/mol. The lowest BCUT2D eigenvalue weighted by atomic mass is 9.93. The highest BCUT2D eigenvalue weighted by Crippen LogP contribution is 2.38. The molecule has 1 aromatic carbocycles. The first-order valence-corrected chi connectivity index (χ1v) is 15.0. The minimum absolute atomic E-state index is 0.179. The number of carbonyl (C=O) groups excluding carboxylic acids is 1. The third-order valence-electron chi connectivity index (χ3n) is 6.22. The highest BCUT2D eigenvalue weighted by molar-refractivity contribution is 7.99. The number of aryl methyl sites for hydroxylation is 1. The van der Waals surface area contributed by atoms with Crippen LogP contribution in [0.25, 0.3) is 6.08 Å². The summed E-state index contributed by atoms with van der Waals surface area (Å²) in [5.74, 6) is 0.437. The summed E-state index contributed by atoms with van der Waals surface area (Å²) in [7, 11) is 1.53. The Labute approximate surface area is 249 Å². The van der Waals surface area contributed by atoms with Gasteiger partial charge in [0.25, 0.3) is 5.56 Å². The van der Waals surface area contributed by atoms with Crippen molar-refractivity contribution in [2.75, 3.05) is 13.7 Å². The molecule has 4 aromatic rings. The molecule has 0 radical (unpaired) electrons. The second kappa shape index (κ2) is 12.5. The quantitative estimate of drug-likeness (QED) is 0.191. The van der Waals surface area contributed by atoms with Crippen molar-refractivity contribution in [1.29, 1.82) is 0 Å². The molecule has 1 atom stereocenters. The number of allylic oxidation sites excluding steroid dienone is 1. The molecule has 4 heterocycles. The van der Waals surface area contributed by atoms with Crippen LogP contribution in [0.1, 0.15) is 49.7 Å². The fourth-order valence-corrected chi connectivity index (χ4v) is 6.43. The maximum atomic E-state index is 14.0. The van der Waals surface area contributed by atoms with Gasteiger partial charge in [-0.2, -0.15) is 0 Å². The molecule has 0 N–H and O–H groups in total. The Kier molecular flexibility index (Phi) is 8.77. The number of hydrogen-bond acceptors (Lipinski definition) is 10. The van der Waals surface area contributed by atoms with E-state index < -0.39 is 12.0 Å². The summed E-state index contributed by atoms with van der Waals surface area (Å²) in [5, 5.41) is 1.60. The second-order valence-electron chi connectivity index (χ2n) is 9.04. The van der Waals surface area contributed by atoms with E-state index in [1.165, 1.54) is 34.8 Å². The number of furan rings is 1. The molecular formula is C29H27ClN4O5S2. The summed E-state index contributed by atoms with van der Waals surface area (Å²) in [6.45, 7) is 5.82. The van der Waals surface area contributed by atoms with Crippen molar-refractivity contribution >= 4 is 46.7 Å². The highest BCUT2D eigenvalue weighted by Gasteiger charge is 2.36. The summed E-state index contributed by atoms with van der Waals surface area (Å²) in [6.07, 6.45) is 4.63. The van der Waals surface area contributed by atoms with Crippen LogP contribution in [0.5, 0.6) is 5.75 Å². The van der Waals surface area contributed by atoms with Gasteiger partial charge in [-0.3, -0.25) is 9.36 Å². The summed E-state index contributed by atoms with van der Waals surface area (Å²) in [6, 6.07) is 9.68. The van der Waals surface area contributed by atoms with Gasteiger partial charge >= 0.3 is 5.97 Å². The molecule has 1 aliphatic rings. The van der Waals surface area contributed by atoms with Crippen molar-refractivity contribution in [3.05, 3.63) is 95.6 Å². The van der Waals surface area contributed by atoms with E-state index in [1.54, 1.807) is 49.5 Å². The number of halogens is 1. The van der Waals surface area contributed by atoms with Crippen molar-refractivity contribution in [3.63, 3.8) is 0 Å². The Morgan fingerprint density at radius 1 is 1.24 bits per heavy atom. The molecule has 212 valence electrons. The summed E-state index contributed by atoms with van der Waals surface area (Å²) in [5.41, 5.74) is 1.95. The lowest BCUT2D eigenvalue weighted by Gasteiger charge is -2.27. The van der Waals surface area contributed by atoms with Crippen LogP contribution >= 0.6 is 34.7 Å². The molecule has 12 heteroatoms. The molecule has 1 aliphatic heterocycles. The van der Waals surface area contributed by atoms with Gasteiger partial charge in [-0.05, 0) is 68.4 Å². The van der Waals surface area contributed by atoms with Crippen molar-refractivity contribution < 1.29 is 18.7 Å². The van der Waals surface area contributed by atoms with E-state index in [4.69, 9.17) is 30.5 Å². The summed E-state index contributed by atoms with van der Waals surface area (Å²) < 4.78 is 19.0. The van der Waals surface area contributed by atoms with E-state index in [1.807, 2.05) is 19.9 Å². The van der Waals surface area contributed by atoms with E-state index in [2.05, 4.69) is 9.97 Å². The molecule has 0 aliphatic carbocycles. The van der Waals surface area contributed by atoms with Crippen LogP contribution in [0.4, 0.5) is 0 Å². The zero-order chi connectivity index (χ0) is 29.1. The van der Waals surface area contributed by atoms with E-state index >= 15 is 0 Å². The van der Waals surface area contributed by atoms with Crippen molar-refractivity contribution in [1.82, 2.24) is 14.5 Å². The minimum Gasteiger partial charge on any atom is -0.496 e. The lowest BCUT2D eigenvalue weighted by molar-refractivity contribution is -0.139. The smallest absolute Gasteiger partial charge is 0.338 e. The molecule has 0 amide bonds. The van der Waals surface area contributed by atoms with Gasteiger partial charge in [-0.1, -0.05) is 36.3 Å². The van der Waals surface area contributed by atoms with Gasteiger partial charge in [-0.25, -0.2) is 19.8 Å². The van der Waals surface area contributed by atoms with Crippen LogP contribution in [0.3, 0.4) is 0 Å². The van der Waals surface area contributed by atoms with Crippen LogP contribution < -0.4 is 19.6 Å². The first kappa shape index (κ1) is 28.8. The third kappa shape index (κ3) is 6.02. The molecule has 9 nitrogen and oxygen atoms in total. The van der Waals surface area contributed by atoms with Crippen molar-refractivity contribution in [3.8, 4) is 5.75 Å². The fraction of sp³-hybridized carbons (Fsp3) is 0.276. The van der Waals surface area contributed by atoms with Crippen LogP contribution in [0, 0.1) is 6.92 Å². The van der Waals surface area contributed by atoms with Gasteiger partial charge in [0.1, 0.15) is 17.6 Å². The number of carbonyl (C=O) groups is 1. The number of nitrogens with zero attached hydrogens (tertiary/aromatic N) is 4. The Bertz CT molecular complexity index is 1820. The number of rotatable bonds is 9. The monoisotopic (exact) mass is 610 g/mol. The van der Waals surface area contributed by atoms with Crippen LogP contribution in [0.15, 0.2) is 78.3 Å². The van der Waals surface area contributed by atoms with E-state index in [0.717, 1.165) is 12.1 Å². The van der Waals surface area contributed by atoms with Crippen LogP contribution in [0.2, 0.25) is 5.02 Å². The van der Waals surface area contributed by atoms with Gasteiger partial charge in [0, 0.05) is 28.6 Å². The summed E-state index contributed by atoms with van der Waals surface area (Å²) in [4.78, 5) is 41.2. The normalized spacial score (nSPS) is 15.0. The molecule has 41 heavy (non-hydrogen) atoms. The minimum atomic E-state index is -0.844. The number of benzene rings is 1. The number of methoxy groups -OCH3 is 1. The van der Waals surface area contributed by atoms with Gasteiger partial charge in [0.15, 0.2) is 15.1 Å². The topological polar surface area (TPSA) is 109 Å². The molecule has 5 rings (SSSR count). The van der Waals surface area contributed by atoms with Crippen LogP contribution in [-0.4, -0.2) is 34.2 Å². The first-order valence-electron chi connectivity index (χ1n) is 13.0. The maximum absolute atomic E-state index is 14.0. The first-order chi connectivity index (χ1) is 19.8.